The van der Waals surface area contributed by atoms with Crippen LogP contribution in [0, 0.1) is 11.3 Å². The zero-order valence-corrected chi connectivity index (χ0v) is 15.7. The first-order valence-electron chi connectivity index (χ1n) is 9.36. The minimum atomic E-state index is -0.219. The molecule has 3 aromatic heterocycles. The van der Waals surface area contributed by atoms with E-state index in [1.807, 2.05) is 11.0 Å². The first kappa shape index (κ1) is 18.6. The molecular weight excluding hydrogens is 370 g/mol. The lowest BCUT2D eigenvalue weighted by molar-refractivity contribution is -0.131. The SMILES string of the molecule is N#Cc1ccc(N2CCN(C(=O)CCc3nc4cnccc4c(=O)[nH]3)CC2)nc1. The molecule has 3 aromatic rings. The zero-order chi connectivity index (χ0) is 20.2. The molecule has 9 nitrogen and oxygen atoms in total. The van der Waals surface area contributed by atoms with Gasteiger partial charge in [-0.2, -0.15) is 5.26 Å². The fourth-order valence-corrected chi connectivity index (χ4v) is 3.37. The summed E-state index contributed by atoms with van der Waals surface area (Å²) < 4.78 is 0. The van der Waals surface area contributed by atoms with Gasteiger partial charge in [-0.05, 0) is 18.2 Å². The van der Waals surface area contributed by atoms with Gasteiger partial charge in [0.15, 0.2) is 0 Å². The summed E-state index contributed by atoms with van der Waals surface area (Å²) in [6, 6.07) is 7.25. The third kappa shape index (κ3) is 4.06. The maximum atomic E-state index is 12.6. The number of aromatic amines is 1. The standard InChI is InChI=1S/C20H19N7O2/c21-11-14-1-3-18(23-12-14)26-7-9-27(10-8-26)19(28)4-2-17-24-16-13-22-6-5-15(16)20(29)25-17/h1,3,5-6,12-13H,2,4,7-10H2,(H,24,25,29). The Kier molecular flexibility index (Phi) is 5.16. The minimum Gasteiger partial charge on any atom is -0.353 e. The molecule has 1 aliphatic heterocycles. The van der Waals surface area contributed by atoms with Crippen molar-refractivity contribution in [3.05, 3.63) is 58.5 Å². The van der Waals surface area contributed by atoms with Crippen molar-refractivity contribution in [2.75, 3.05) is 31.1 Å². The van der Waals surface area contributed by atoms with Crippen LogP contribution < -0.4 is 10.5 Å². The molecule has 0 aromatic carbocycles. The van der Waals surface area contributed by atoms with Crippen LogP contribution in [-0.2, 0) is 11.2 Å². The van der Waals surface area contributed by atoms with Crippen molar-refractivity contribution in [2.24, 2.45) is 0 Å². The molecule has 4 rings (SSSR count). The van der Waals surface area contributed by atoms with E-state index in [-0.39, 0.29) is 17.9 Å². The number of carbonyl (C=O) groups is 1. The summed E-state index contributed by atoms with van der Waals surface area (Å²) >= 11 is 0. The molecule has 1 amide bonds. The van der Waals surface area contributed by atoms with Gasteiger partial charge in [-0.25, -0.2) is 9.97 Å². The predicted molar refractivity (Wildman–Crippen MR) is 106 cm³/mol. The van der Waals surface area contributed by atoms with Crippen LogP contribution in [0.5, 0.6) is 0 Å². The third-order valence-electron chi connectivity index (χ3n) is 4.97. The van der Waals surface area contributed by atoms with Crippen LogP contribution in [0.4, 0.5) is 5.82 Å². The number of fused-ring (bicyclic) bond motifs is 1. The second kappa shape index (κ2) is 8.06. The van der Waals surface area contributed by atoms with E-state index in [4.69, 9.17) is 5.26 Å². The number of nitrogens with zero attached hydrogens (tertiary/aromatic N) is 6. The van der Waals surface area contributed by atoms with Crippen molar-refractivity contribution in [3.8, 4) is 6.07 Å². The van der Waals surface area contributed by atoms with Gasteiger partial charge in [0, 0.05) is 51.4 Å². The fourth-order valence-electron chi connectivity index (χ4n) is 3.37. The van der Waals surface area contributed by atoms with Crippen molar-refractivity contribution >= 4 is 22.6 Å². The molecule has 1 aliphatic rings. The molecule has 1 saturated heterocycles. The maximum Gasteiger partial charge on any atom is 0.258 e. The number of rotatable bonds is 4. The number of carbonyl (C=O) groups excluding carboxylic acids is 1. The second-order valence-corrected chi connectivity index (χ2v) is 6.79. The molecule has 9 heteroatoms. The molecule has 0 spiro atoms. The second-order valence-electron chi connectivity index (χ2n) is 6.79. The zero-order valence-electron chi connectivity index (χ0n) is 15.7. The molecule has 0 saturated carbocycles. The largest absolute Gasteiger partial charge is 0.353 e. The average Bonchev–Trinajstić information content (AvgIpc) is 2.78. The Morgan fingerprint density at radius 2 is 2.00 bits per heavy atom. The first-order chi connectivity index (χ1) is 14.1. The Morgan fingerprint density at radius 3 is 2.72 bits per heavy atom. The van der Waals surface area contributed by atoms with Crippen LogP contribution in [0.2, 0.25) is 0 Å². The third-order valence-corrected chi connectivity index (χ3v) is 4.97. The maximum absolute atomic E-state index is 12.6. The number of piperazine rings is 1. The highest BCUT2D eigenvalue weighted by molar-refractivity contribution is 5.77. The number of hydrogen-bond donors (Lipinski definition) is 1. The van der Waals surface area contributed by atoms with Gasteiger partial charge < -0.3 is 14.8 Å². The lowest BCUT2D eigenvalue weighted by Crippen LogP contribution is -2.49. The Morgan fingerprint density at radius 1 is 1.17 bits per heavy atom. The van der Waals surface area contributed by atoms with Crippen LogP contribution in [0.3, 0.4) is 0 Å². The summed E-state index contributed by atoms with van der Waals surface area (Å²) in [5.74, 6) is 1.33. The van der Waals surface area contributed by atoms with Crippen molar-refractivity contribution in [2.45, 2.75) is 12.8 Å². The normalized spacial score (nSPS) is 14.0. The lowest BCUT2D eigenvalue weighted by atomic mass is 10.2. The van der Waals surface area contributed by atoms with E-state index in [1.54, 1.807) is 30.7 Å². The van der Waals surface area contributed by atoms with E-state index in [9.17, 15) is 9.59 Å². The quantitative estimate of drug-likeness (QED) is 0.703. The average molecular weight is 389 g/mol. The van der Waals surface area contributed by atoms with Crippen molar-refractivity contribution in [1.82, 2.24) is 24.8 Å². The van der Waals surface area contributed by atoms with Gasteiger partial charge in [-0.3, -0.25) is 14.6 Å². The molecule has 1 N–H and O–H groups in total. The summed E-state index contributed by atoms with van der Waals surface area (Å²) in [5, 5.41) is 9.35. The summed E-state index contributed by atoms with van der Waals surface area (Å²) in [5.41, 5.74) is 0.837. The highest BCUT2D eigenvalue weighted by Gasteiger charge is 2.22. The van der Waals surface area contributed by atoms with Crippen molar-refractivity contribution in [1.29, 1.82) is 5.26 Å². The number of aryl methyl sites for hydroxylation is 1. The number of nitrogens with one attached hydrogen (secondary N) is 1. The van der Waals surface area contributed by atoms with Crippen LogP contribution in [0.15, 0.2) is 41.6 Å². The van der Waals surface area contributed by atoms with Crippen molar-refractivity contribution < 1.29 is 4.79 Å². The van der Waals surface area contributed by atoms with Crippen LogP contribution in [-0.4, -0.2) is 56.9 Å². The highest BCUT2D eigenvalue weighted by Crippen LogP contribution is 2.15. The number of anilines is 1. The van der Waals surface area contributed by atoms with E-state index in [2.05, 4.69) is 30.9 Å². The van der Waals surface area contributed by atoms with Gasteiger partial charge >= 0.3 is 0 Å². The predicted octanol–water partition coefficient (Wildman–Crippen LogP) is 0.866. The number of H-pyrrole nitrogens is 1. The van der Waals surface area contributed by atoms with Crippen LogP contribution in [0.25, 0.3) is 10.9 Å². The summed E-state index contributed by atoms with van der Waals surface area (Å²) in [7, 11) is 0. The molecular formula is C20H19N7O2. The van der Waals surface area contributed by atoms with Gasteiger partial charge in [0.05, 0.1) is 22.7 Å². The molecule has 0 radical (unpaired) electrons. The molecule has 0 bridgehead atoms. The first-order valence-corrected chi connectivity index (χ1v) is 9.36. The Bertz CT molecular complexity index is 1130. The van der Waals surface area contributed by atoms with Gasteiger partial charge in [-0.1, -0.05) is 0 Å². The van der Waals surface area contributed by atoms with Gasteiger partial charge in [0.2, 0.25) is 5.91 Å². The van der Waals surface area contributed by atoms with E-state index < -0.39 is 0 Å². The molecule has 4 heterocycles. The summed E-state index contributed by atoms with van der Waals surface area (Å²) in [6.07, 6.45) is 5.31. The van der Waals surface area contributed by atoms with Crippen molar-refractivity contribution in [3.63, 3.8) is 0 Å². The van der Waals surface area contributed by atoms with E-state index in [0.29, 0.717) is 54.9 Å². The van der Waals surface area contributed by atoms with E-state index >= 15 is 0 Å². The van der Waals surface area contributed by atoms with E-state index in [1.165, 1.54) is 0 Å². The van der Waals surface area contributed by atoms with Gasteiger partial charge in [-0.15, -0.1) is 0 Å². The molecule has 0 unspecified atom stereocenters. The molecule has 0 atom stereocenters. The Labute approximate surface area is 166 Å². The molecule has 1 fully saturated rings. The summed E-state index contributed by atoms with van der Waals surface area (Å²) in [4.78, 5) is 44.0. The molecule has 146 valence electrons. The lowest BCUT2D eigenvalue weighted by Gasteiger charge is -2.35. The monoisotopic (exact) mass is 389 g/mol. The Hall–Kier alpha value is -3.80. The van der Waals surface area contributed by atoms with E-state index in [0.717, 1.165) is 5.82 Å². The number of pyridine rings is 2. The van der Waals surface area contributed by atoms with Gasteiger partial charge in [0.25, 0.3) is 5.56 Å². The van der Waals surface area contributed by atoms with Gasteiger partial charge in [0.1, 0.15) is 17.7 Å². The molecule has 29 heavy (non-hydrogen) atoms. The fraction of sp³-hybridized carbons (Fsp3) is 0.300. The Balaban J connectivity index is 1.33. The topological polar surface area (TPSA) is 119 Å². The molecule has 0 aliphatic carbocycles. The van der Waals surface area contributed by atoms with Crippen LogP contribution in [0.1, 0.15) is 17.8 Å². The number of amides is 1. The smallest absolute Gasteiger partial charge is 0.258 e. The van der Waals surface area contributed by atoms with Crippen LogP contribution >= 0.6 is 0 Å². The summed E-state index contributed by atoms with van der Waals surface area (Å²) in [6.45, 7) is 2.57. The minimum absolute atomic E-state index is 0.0337. The number of nitriles is 1. The number of aromatic nitrogens is 4. The highest BCUT2D eigenvalue weighted by atomic mass is 16.2. The number of hydrogen-bond acceptors (Lipinski definition) is 7.